The summed E-state index contributed by atoms with van der Waals surface area (Å²) < 4.78 is 19.6. The van der Waals surface area contributed by atoms with E-state index in [1.54, 1.807) is 12.3 Å². The van der Waals surface area contributed by atoms with Gasteiger partial charge in [0.2, 0.25) is 0 Å². The van der Waals surface area contributed by atoms with Crippen molar-refractivity contribution in [2.45, 2.75) is 52.7 Å². The zero-order chi connectivity index (χ0) is 15.2. The Morgan fingerprint density at radius 3 is 2.70 bits per heavy atom. The Balaban J connectivity index is 2.69. The Morgan fingerprint density at radius 2 is 2.10 bits per heavy atom. The Hall–Kier alpha value is -1.20. The van der Waals surface area contributed by atoms with E-state index in [1.165, 1.54) is 0 Å². The van der Waals surface area contributed by atoms with Crippen molar-refractivity contribution < 1.29 is 9.13 Å². The SMILES string of the molecule is CCOCC(C)Nc1nccc(CNC(C)(C)C)c1F. The second kappa shape index (κ2) is 7.55. The molecule has 5 heteroatoms. The lowest BCUT2D eigenvalue weighted by Gasteiger charge is -2.21. The molecule has 0 amide bonds. The molecule has 1 unspecified atom stereocenters. The second-order valence-electron chi connectivity index (χ2n) is 5.94. The lowest BCUT2D eigenvalue weighted by atomic mass is 10.1. The predicted molar refractivity (Wildman–Crippen MR) is 80.4 cm³/mol. The third-order valence-corrected chi connectivity index (χ3v) is 2.73. The molecule has 0 spiro atoms. The van der Waals surface area contributed by atoms with Gasteiger partial charge < -0.3 is 15.4 Å². The topological polar surface area (TPSA) is 46.2 Å². The number of hydrogen-bond acceptors (Lipinski definition) is 4. The number of anilines is 1. The summed E-state index contributed by atoms with van der Waals surface area (Å²) in [6.07, 6.45) is 1.62. The van der Waals surface area contributed by atoms with E-state index in [4.69, 9.17) is 4.74 Å². The van der Waals surface area contributed by atoms with Crippen molar-refractivity contribution in [2.24, 2.45) is 0 Å². The lowest BCUT2D eigenvalue weighted by molar-refractivity contribution is 0.141. The Bertz CT molecular complexity index is 418. The zero-order valence-electron chi connectivity index (χ0n) is 13.1. The van der Waals surface area contributed by atoms with Gasteiger partial charge in [-0.05, 0) is 40.7 Å². The summed E-state index contributed by atoms with van der Waals surface area (Å²) in [6, 6.07) is 1.72. The summed E-state index contributed by atoms with van der Waals surface area (Å²) in [5.74, 6) is -0.0157. The van der Waals surface area contributed by atoms with Gasteiger partial charge in [0.15, 0.2) is 11.6 Å². The second-order valence-corrected chi connectivity index (χ2v) is 5.94. The molecular formula is C15H26FN3O. The smallest absolute Gasteiger partial charge is 0.169 e. The number of hydrogen-bond donors (Lipinski definition) is 2. The molecule has 0 aliphatic rings. The highest BCUT2D eigenvalue weighted by Gasteiger charge is 2.14. The van der Waals surface area contributed by atoms with Crippen LogP contribution in [-0.4, -0.2) is 29.8 Å². The van der Waals surface area contributed by atoms with Crippen LogP contribution in [0.25, 0.3) is 0 Å². The maximum atomic E-state index is 14.3. The van der Waals surface area contributed by atoms with E-state index in [1.807, 2.05) is 13.8 Å². The van der Waals surface area contributed by atoms with Crippen molar-refractivity contribution in [3.8, 4) is 0 Å². The fraction of sp³-hybridized carbons (Fsp3) is 0.667. The molecule has 1 rings (SSSR count). The first-order valence-corrected chi connectivity index (χ1v) is 7.06. The molecule has 114 valence electrons. The highest BCUT2D eigenvalue weighted by Crippen LogP contribution is 2.16. The third kappa shape index (κ3) is 5.84. The first kappa shape index (κ1) is 16.9. The normalized spacial score (nSPS) is 13.3. The average Bonchev–Trinajstić information content (AvgIpc) is 2.36. The van der Waals surface area contributed by atoms with Crippen LogP contribution >= 0.6 is 0 Å². The Labute approximate surface area is 121 Å². The highest BCUT2D eigenvalue weighted by molar-refractivity contribution is 5.40. The Morgan fingerprint density at radius 1 is 1.40 bits per heavy atom. The van der Waals surface area contributed by atoms with Crippen molar-refractivity contribution in [1.82, 2.24) is 10.3 Å². The van der Waals surface area contributed by atoms with Crippen molar-refractivity contribution in [3.05, 3.63) is 23.6 Å². The van der Waals surface area contributed by atoms with Crippen LogP contribution in [0.2, 0.25) is 0 Å². The van der Waals surface area contributed by atoms with E-state index in [2.05, 4.69) is 36.4 Å². The van der Waals surface area contributed by atoms with E-state index in [0.717, 1.165) is 0 Å². The third-order valence-electron chi connectivity index (χ3n) is 2.73. The molecule has 2 N–H and O–H groups in total. The van der Waals surface area contributed by atoms with Gasteiger partial charge in [0, 0.05) is 36.5 Å². The molecule has 1 aromatic rings. The standard InChI is InChI=1S/C15H26FN3O/c1-6-20-10-11(2)19-14-13(16)12(7-8-17-14)9-18-15(3,4)5/h7-8,11,18H,6,9-10H2,1-5H3,(H,17,19). The summed E-state index contributed by atoms with van der Waals surface area (Å²) in [7, 11) is 0. The van der Waals surface area contributed by atoms with Crippen molar-refractivity contribution in [3.63, 3.8) is 0 Å². The molecular weight excluding hydrogens is 257 g/mol. The van der Waals surface area contributed by atoms with E-state index < -0.39 is 0 Å². The molecule has 0 saturated carbocycles. The summed E-state index contributed by atoms with van der Waals surface area (Å²) in [5, 5.41) is 6.32. The monoisotopic (exact) mass is 283 g/mol. The van der Waals surface area contributed by atoms with Gasteiger partial charge in [0.05, 0.1) is 6.61 Å². The quantitative estimate of drug-likeness (QED) is 0.807. The molecule has 1 heterocycles. The number of nitrogens with zero attached hydrogens (tertiary/aromatic N) is 1. The van der Waals surface area contributed by atoms with Crippen molar-refractivity contribution in [2.75, 3.05) is 18.5 Å². The summed E-state index contributed by atoms with van der Waals surface area (Å²) in [4.78, 5) is 4.06. The van der Waals surface area contributed by atoms with Gasteiger partial charge in [0.1, 0.15) is 0 Å². The summed E-state index contributed by atoms with van der Waals surface area (Å²) in [6.45, 7) is 11.7. The number of aromatic nitrogens is 1. The molecule has 1 atom stereocenters. The molecule has 0 bridgehead atoms. The maximum absolute atomic E-state index is 14.3. The number of nitrogens with one attached hydrogen (secondary N) is 2. The predicted octanol–water partition coefficient (Wildman–Crippen LogP) is 2.95. The fourth-order valence-electron chi connectivity index (χ4n) is 1.65. The molecule has 0 radical (unpaired) electrons. The number of rotatable bonds is 7. The molecule has 20 heavy (non-hydrogen) atoms. The van der Waals surface area contributed by atoms with Crippen LogP contribution in [-0.2, 0) is 11.3 Å². The van der Waals surface area contributed by atoms with Crippen molar-refractivity contribution >= 4 is 5.82 Å². The van der Waals surface area contributed by atoms with Gasteiger partial charge in [-0.2, -0.15) is 0 Å². The Kier molecular flexibility index (Phi) is 6.36. The van der Waals surface area contributed by atoms with E-state index in [0.29, 0.717) is 25.3 Å². The van der Waals surface area contributed by atoms with E-state index >= 15 is 0 Å². The van der Waals surface area contributed by atoms with Crippen LogP contribution in [0.15, 0.2) is 12.3 Å². The fourth-order valence-corrected chi connectivity index (χ4v) is 1.65. The van der Waals surface area contributed by atoms with Gasteiger partial charge >= 0.3 is 0 Å². The minimum atomic E-state index is -0.299. The van der Waals surface area contributed by atoms with E-state index in [9.17, 15) is 4.39 Å². The summed E-state index contributed by atoms with van der Waals surface area (Å²) in [5.41, 5.74) is 0.562. The molecule has 1 aromatic heterocycles. The minimum Gasteiger partial charge on any atom is -0.380 e. The largest absolute Gasteiger partial charge is 0.380 e. The average molecular weight is 283 g/mol. The van der Waals surface area contributed by atoms with Crippen LogP contribution in [0.5, 0.6) is 0 Å². The highest BCUT2D eigenvalue weighted by atomic mass is 19.1. The lowest BCUT2D eigenvalue weighted by Crippen LogP contribution is -2.35. The molecule has 0 aliphatic heterocycles. The number of pyridine rings is 1. The van der Waals surface area contributed by atoms with Gasteiger partial charge in [-0.1, -0.05) is 0 Å². The molecule has 0 aliphatic carbocycles. The van der Waals surface area contributed by atoms with Gasteiger partial charge in [-0.3, -0.25) is 0 Å². The van der Waals surface area contributed by atoms with Gasteiger partial charge in [0.25, 0.3) is 0 Å². The number of ether oxygens (including phenoxy) is 1. The summed E-state index contributed by atoms with van der Waals surface area (Å²) >= 11 is 0. The molecule has 0 fully saturated rings. The first-order chi connectivity index (χ1) is 9.33. The minimum absolute atomic E-state index is 0.0165. The number of halogens is 1. The van der Waals surface area contributed by atoms with Crippen LogP contribution in [0.1, 0.15) is 40.2 Å². The molecule has 0 aromatic carbocycles. The maximum Gasteiger partial charge on any atom is 0.169 e. The van der Waals surface area contributed by atoms with Crippen LogP contribution in [0.3, 0.4) is 0 Å². The van der Waals surface area contributed by atoms with E-state index in [-0.39, 0.29) is 23.2 Å². The molecule has 4 nitrogen and oxygen atoms in total. The zero-order valence-corrected chi connectivity index (χ0v) is 13.1. The van der Waals surface area contributed by atoms with Crippen LogP contribution in [0, 0.1) is 5.82 Å². The van der Waals surface area contributed by atoms with Crippen LogP contribution < -0.4 is 10.6 Å². The van der Waals surface area contributed by atoms with Gasteiger partial charge in [-0.25, -0.2) is 9.37 Å². The molecule has 0 saturated heterocycles. The van der Waals surface area contributed by atoms with Gasteiger partial charge in [-0.15, -0.1) is 0 Å². The first-order valence-electron chi connectivity index (χ1n) is 7.06. The van der Waals surface area contributed by atoms with Crippen molar-refractivity contribution in [1.29, 1.82) is 0 Å². The van der Waals surface area contributed by atoms with Crippen LogP contribution in [0.4, 0.5) is 10.2 Å².